The number of nitrogens with zero attached hydrogens (tertiary/aromatic N) is 6. The van der Waals surface area contributed by atoms with Crippen LogP contribution in [-0.4, -0.2) is 164 Å². The zero-order valence-corrected chi connectivity index (χ0v) is 27.6. The minimum atomic E-state index is 0.124. The maximum atomic E-state index is 12.6. The fourth-order valence-corrected chi connectivity index (χ4v) is 4.77. The maximum absolute atomic E-state index is 12.6. The standard InChI is InChI=1S/C30H49BrN6O6/c1-34(7-8-35(2)14-17-42-22-23-43-19-18-39-3)13-16-41-21-20-40-15-6-30(38)37-11-9-36(10-12-37)29-25-32-27-5-4-26(31)24-28(27)33-29/h4-5,24-25H,6-23H2,1-3H3. The SMILES string of the molecule is COCCOCCOCCN(C)CCN(C)CCOCCOCCC(=O)N1CCN(c2cnc3ccc(Br)cc3n2)CC1. The number of halogens is 1. The number of likely N-dealkylation sites (N-methyl/N-ethyl adjacent to an activating group) is 2. The molecular formula is C30H49BrN6O6. The van der Waals surface area contributed by atoms with Gasteiger partial charge in [-0.25, -0.2) is 4.98 Å². The molecule has 2 aromatic rings. The van der Waals surface area contributed by atoms with E-state index in [1.807, 2.05) is 29.3 Å². The molecule has 2 heterocycles. The third-order valence-corrected chi connectivity index (χ3v) is 7.68. The van der Waals surface area contributed by atoms with Crippen molar-refractivity contribution in [3.8, 4) is 0 Å². The van der Waals surface area contributed by atoms with Gasteiger partial charge in [0, 0.05) is 63.9 Å². The Hall–Kier alpha value is -1.97. The Kier molecular flexibility index (Phi) is 17.2. The Morgan fingerprint density at radius 3 is 2.00 bits per heavy atom. The normalized spacial score (nSPS) is 14.0. The average molecular weight is 670 g/mol. The number of ether oxygens (including phenoxy) is 5. The summed E-state index contributed by atoms with van der Waals surface area (Å²) in [6.07, 6.45) is 2.19. The summed E-state index contributed by atoms with van der Waals surface area (Å²) in [5, 5.41) is 0. The lowest BCUT2D eigenvalue weighted by Gasteiger charge is -2.35. The lowest BCUT2D eigenvalue weighted by atomic mass is 10.2. The number of hydrogen-bond acceptors (Lipinski definition) is 11. The van der Waals surface area contributed by atoms with Gasteiger partial charge in [0.15, 0.2) is 0 Å². The second-order valence-electron chi connectivity index (χ2n) is 10.5. The molecule has 1 aromatic carbocycles. The van der Waals surface area contributed by atoms with E-state index >= 15 is 0 Å². The lowest BCUT2D eigenvalue weighted by molar-refractivity contribution is -0.132. The molecule has 1 fully saturated rings. The summed E-state index contributed by atoms with van der Waals surface area (Å²) in [4.78, 5) is 30.5. The summed E-state index contributed by atoms with van der Waals surface area (Å²) in [5.41, 5.74) is 1.73. The zero-order valence-electron chi connectivity index (χ0n) is 26.0. The first kappa shape index (κ1) is 35.5. The van der Waals surface area contributed by atoms with Gasteiger partial charge in [-0.1, -0.05) is 15.9 Å². The van der Waals surface area contributed by atoms with Crippen LogP contribution < -0.4 is 4.90 Å². The van der Waals surface area contributed by atoms with Crippen molar-refractivity contribution in [1.29, 1.82) is 0 Å². The Bertz CT molecular complexity index is 1060. The first-order chi connectivity index (χ1) is 21.0. The predicted octanol–water partition coefficient (Wildman–Crippen LogP) is 2.01. The second kappa shape index (κ2) is 20.9. The quantitative estimate of drug-likeness (QED) is 0.172. The molecule has 0 spiro atoms. The molecule has 0 N–H and O–H groups in total. The average Bonchev–Trinajstić information content (AvgIpc) is 3.02. The van der Waals surface area contributed by atoms with Gasteiger partial charge in [0.05, 0.1) is 83.1 Å². The van der Waals surface area contributed by atoms with Gasteiger partial charge in [-0.3, -0.25) is 9.78 Å². The van der Waals surface area contributed by atoms with Crippen LogP contribution in [0.25, 0.3) is 11.0 Å². The fraction of sp³-hybridized carbons (Fsp3) is 0.700. The van der Waals surface area contributed by atoms with Crippen molar-refractivity contribution in [1.82, 2.24) is 24.7 Å². The molecule has 242 valence electrons. The summed E-state index contributed by atoms with van der Waals surface area (Å²) < 4.78 is 28.3. The molecule has 1 aromatic heterocycles. The highest BCUT2D eigenvalue weighted by Crippen LogP contribution is 2.20. The van der Waals surface area contributed by atoms with Crippen LogP contribution >= 0.6 is 15.9 Å². The Morgan fingerprint density at radius 1 is 0.791 bits per heavy atom. The summed E-state index contributed by atoms with van der Waals surface area (Å²) in [7, 11) is 5.87. The summed E-state index contributed by atoms with van der Waals surface area (Å²) >= 11 is 3.49. The number of hydrogen-bond donors (Lipinski definition) is 0. The number of benzene rings is 1. The molecule has 0 unspecified atom stereocenters. The van der Waals surface area contributed by atoms with E-state index in [-0.39, 0.29) is 5.91 Å². The van der Waals surface area contributed by atoms with E-state index in [2.05, 4.69) is 49.7 Å². The number of piperazine rings is 1. The van der Waals surface area contributed by atoms with Gasteiger partial charge in [0.1, 0.15) is 5.82 Å². The van der Waals surface area contributed by atoms with Crippen LogP contribution in [0.4, 0.5) is 5.82 Å². The number of amides is 1. The van der Waals surface area contributed by atoms with Crippen molar-refractivity contribution >= 4 is 38.7 Å². The van der Waals surface area contributed by atoms with Crippen LogP contribution in [0, 0.1) is 0 Å². The number of methoxy groups -OCH3 is 1. The molecule has 1 amide bonds. The number of fused-ring (bicyclic) bond motifs is 1. The molecular weight excluding hydrogens is 620 g/mol. The maximum Gasteiger partial charge on any atom is 0.225 e. The number of rotatable bonds is 22. The third kappa shape index (κ3) is 14.1. The minimum absolute atomic E-state index is 0.124. The van der Waals surface area contributed by atoms with Crippen LogP contribution in [0.15, 0.2) is 28.9 Å². The highest BCUT2D eigenvalue weighted by atomic mass is 79.9. The molecule has 13 heteroatoms. The van der Waals surface area contributed by atoms with E-state index in [0.29, 0.717) is 79.0 Å². The van der Waals surface area contributed by atoms with Crippen molar-refractivity contribution in [2.75, 3.05) is 138 Å². The van der Waals surface area contributed by atoms with E-state index in [4.69, 9.17) is 28.7 Å². The second-order valence-corrected chi connectivity index (χ2v) is 11.4. The highest BCUT2D eigenvalue weighted by Gasteiger charge is 2.22. The van der Waals surface area contributed by atoms with Crippen molar-refractivity contribution in [2.45, 2.75) is 6.42 Å². The van der Waals surface area contributed by atoms with Gasteiger partial charge in [0.2, 0.25) is 5.91 Å². The van der Waals surface area contributed by atoms with E-state index in [1.165, 1.54) is 0 Å². The largest absolute Gasteiger partial charge is 0.382 e. The molecule has 0 saturated carbocycles. The van der Waals surface area contributed by atoms with Crippen LogP contribution in [0.2, 0.25) is 0 Å². The number of aromatic nitrogens is 2. The Balaban J connectivity index is 1.13. The van der Waals surface area contributed by atoms with Gasteiger partial charge >= 0.3 is 0 Å². The molecule has 0 radical (unpaired) electrons. The van der Waals surface area contributed by atoms with E-state index in [9.17, 15) is 4.79 Å². The zero-order chi connectivity index (χ0) is 30.7. The van der Waals surface area contributed by atoms with Gasteiger partial charge in [-0.05, 0) is 32.3 Å². The Labute approximate surface area is 264 Å². The predicted molar refractivity (Wildman–Crippen MR) is 171 cm³/mol. The number of carbonyl (C=O) groups is 1. The molecule has 0 atom stereocenters. The monoisotopic (exact) mass is 668 g/mol. The molecule has 0 aliphatic carbocycles. The van der Waals surface area contributed by atoms with Gasteiger partial charge < -0.3 is 43.3 Å². The molecule has 3 rings (SSSR count). The number of anilines is 1. The van der Waals surface area contributed by atoms with Crippen molar-refractivity contribution in [2.24, 2.45) is 0 Å². The smallest absolute Gasteiger partial charge is 0.225 e. The van der Waals surface area contributed by atoms with Gasteiger partial charge in [0.25, 0.3) is 0 Å². The Morgan fingerprint density at radius 2 is 1.37 bits per heavy atom. The van der Waals surface area contributed by atoms with Crippen molar-refractivity contribution < 1.29 is 28.5 Å². The third-order valence-electron chi connectivity index (χ3n) is 7.18. The molecule has 1 aliphatic heterocycles. The van der Waals surface area contributed by atoms with Crippen LogP contribution in [-0.2, 0) is 28.5 Å². The van der Waals surface area contributed by atoms with Crippen LogP contribution in [0.3, 0.4) is 0 Å². The van der Waals surface area contributed by atoms with Gasteiger partial charge in [-0.15, -0.1) is 0 Å². The number of carbonyl (C=O) groups excluding carboxylic acids is 1. The first-order valence-electron chi connectivity index (χ1n) is 15.1. The van der Waals surface area contributed by atoms with E-state index in [1.54, 1.807) is 7.11 Å². The van der Waals surface area contributed by atoms with Gasteiger partial charge in [-0.2, -0.15) is 0 Å². The summed E-state index contributed by atoms with van der Waals surface area (Å²) in [6.45, 7) is 11.7. The van der Waals surface area contributed by atoms with Crippen LogP contribution in [0.1, 0.15) is 6.42 Å². The molecule has 1 saturated heterocycles. The summed E-state index contributed by atoms with van der Waals surface area (Å²) in [5.74, 6) is 0.969. The summed E-state index contributed by atoms with van der Waals surface area (Å²) in [6, 6.07) is 5.88. The fourth-order valence-electron chi connectivity index (χ4n) is 4.42. The minimum Gasteiger partial charge on any atom is -0.382 e. The molecule has 43 heavy (non-hydrogen) atoms. The first-order valence-corrected chi connectivity index (χ1v) is 15.9. The van der Waals surface area contributed by atoms with Crippen molar-refractivity contribution in [3.05, 3.63) is 28.9 Å². The highest BCUT2D eigenvalue weighted by molar-refractivity contribution is 9.10. The van der Waals surface area contributed by atoms with E-state index < -0.39 is 0 Å². The van der Waals surface area contributed by atoms with Crippen LogP contribution in [0.5, 0.6) is 0 Å². The molecule has 12 nitrogen and oxygen atoms in total. The molecule has 0 bridgehead atoms. The molecule has 1 aliphatic rings. The van der Waals surface area contributed by atoms with Crippen molar-refractivity contribution in [3.63, 3.8) is 0 Å². The lowest BCUT2D eigenvalue weighted by Crippen LogP contribution is -2.49. The topological polar surface area (TPSA) is 102 Å². The van der Waals surface area contributed by atoms with E-state index in [0.717, 1.165) is 60.6 Å².